The molecule has 2 unspecified atom stereocenters. The number of hydrogen-bond donors (Lipinski definition) is 0. The summed E-state index contributed by atoms with van der Waals surface area (Å²) in [4.78, 5) is 9.54. The van der Waals surface area contributed by atoms with Crippen molar-refractivity contribution in [1.29, 1.82) is 0 Å². The number of para-hydroxylation sites is 1. The molecule has 0 aromatic heterocycles. The van der Waals surface area contributed by atoms with Gasteiger partial charge in [-0.15, -0.1) is 0 Å². The predicted octanol–water partition coefficient (Wildman–Crippen LogP) is 31.4. The van der Waals surface area contributed by atoms with E-state index in [0.29, 0.717) is 11.8 Å². The van der Waals surface area contributed by atoms with Crippen LogP contribution in [-0.2, 0) is 18.3 Å². The van der Waals surface area contributed by atoms with Gasteiger partial charge in [-0.2, -0.15) is 0 Å². The lowest BCUT2D eigenvalue weighted by Gasteiger charge is -2.34. The van der Waals surface area contributed by atoms with Crippen LogP contribution in [-0.4, -0.2) is 28.2 Å². The minimum absolute atomic E-state index is 0.0157. The summed E-state index contributed by atoms with van der Waals surface area (Å²) < 4.78 is 0. The van der Waals surface area contributed by atoms with E-state index in [0.717, 1.165) is 25.7 Å². The van der Waals surface area contributed by atoms with Gasteiger partial charge in [0.15, 0.2) is 0 Å². The van der Waals surface area contributed by atoms with Crippen LogP contribution in [0, 0.1) is 23.2 Å². The van der Waals surface area contributed by atoms with Crippen LogP contribution in [0.3, 0.4) is 0 Å². The zero-order valence-electron chi connectivity index (χ0n) is 71.4. The molecule has 19 rings (SSSR count). The summed E-state index contributed by atoms with van der Waals surface area (Å²) in [5.74, 6) is 1.03. The van der Waals surface area contributed by atoms with Crippen molar-refractivity contribution < 1.29 is 0 Å². The molecule has 14 aromatic rings. The van der Waals surface area contributed by atoms with Crippen LogP contribution in [0.15, 0.2) is 237 Å². The number of aryl methyl sites for hydroxylation is 1. The Morgan fingerprint density at radius 2 is 0.904 bits per heavy atom. The van der Waals surface area contributed by atoms with Gasteiger partial charge in [0.25, 0.3) is 0 Å². The van der Waals surface area contributed by atoms with E-state index in [9.17, 15) is 0 Å². The first kappa shape index (κ1) is 77.5. The quantitative estimate of drug-likeness (QED) is 0.154. The van der Waals surface area contributed by atoms with Crippen LogP contribution in [0.2, 0.25) is 0 Å². The first-order valence-electron chi connectivity index (χ1n) is 42.0. The molecule has 4 aliphatic heterocycles. The van der Waals surface area contributed by atoms with E-state index in [4.69, 9.17) is 0 Å². The van der Waals surface area contributed by atoms with Crippen molar-refractivity contribution in [3.05, 3.63) is 320 Å². The maximum absolute atomic E-state index is 2.43. The largest absolute Gasteiger partial charge is 0.344 e. The fourth-order valence-corrected chi connectivity index (χ4v) is 19.7. The lowest BCUT2D eigenvalue weighted by atomic mass is 9.72. The van der Waals surface area contributed by atoms with Crippen LogP contribution in [0.25, 0.3) is 114 Å². The van der Waals surface area contributed by atoms with Gasteiger partial charge in [0.1, 0.15) is 0 Å². The van der Waals surface area contributed by atoms with Crippen LogP contribution >= 0.6 is 0 Å². The van der Waals surface area contributed by atoms with Gasteiger partial charge in [0, 0.05) is 101 Å². The molecule has 115 heavy (non-hydrogen) atoms. The molecule has 5 aliphatic rings. The highest BCUT2D eigenvalue weighted by Crippen LogP contribution is 2.57. The average Bonchev–Trinajstić information content (AvgIpc) is 1.59. The maximum Gasteiger partial charge on any atom is 0.0568 e. The topological polar surface area (TPSA) is 13.0 Å². The van der Waals surface area contributed by atoms with Gasteiger partial charge in [-0.05, 0) is 207 Å². The van der Waals surface area contributed by atoms with Crippen molar-refractivity contribution in [2.24, 2.45) is 16.2 Å². The molecule has 578 valence electrons. The second-order valence-electron chi connectivity index (χ2n) is 37.0. The fourth-order valence-electron chi connectivity index (χ4n) is 19.7. The average molecular weight is 1500 g/mol. The fraction of sp³-hybridized carbons (Fsp3) is 0.261. The summed E-state index contributed by atoms with van der Waals surface area (Å²) in [5.41, 5.74) is 34.3. The Bertz CT molecular complexity index is 6280. The van der Waals surface area contributed by atoms with E-state index >= 15 is 0 Å². The highest BCUT2D eigenvalue weighted by molar-refractivity contribution is 6.20. The van der Waals surface area contributed by atoms with Crippen molar-refractivity contribution in [2.45, 2.75) is 147 Å². The first-order valence-corrected chi connectivity index (χ1v) is 42.0. The molecule has 0 fully saturated rings. The summed E-state index contributed by atoms with van der Waals surface area (Å²) in [5, 5.41) is 13.3. The third-order valence-electron chi connectivity index (χ3n) is 25.3. The maximum atomic E-state index is 2.43. The van der Waals surface area contributed by atoms with Gasteiger partial charge in [0.05, 0.1) is 17.1 Å². The highest BCUT2D eigenvalue weighted by Gasteiger charge is 2.40. The molecule has 0 saturated carbocycles. The summed E-state index contributed by atoms with van der Waals surface area (Å²) in [6.45, 7) is 34.9. The minimum Gasteiger partial charge on any atom is -0.344 e. The van der Waals surface area contributed by atoms with Gasteiger partial charge >= 0.3 is 0 Å². The van der Waals surface area contributed by atoms with Crippen LogP contribution in [0.4, 0.5) is 45.5 Å². The van der Waals surface area contributed by atoms with E-state index in [1.165, 1.54) is 194 Å². The molecule has 0 N–H and O–H groups in total. The van der Waals surface area contributed by atoms with Gasteiger partial charge in [-0.1, -0.05) is 346 Å². The van der Waals surface area contributed by atoms with Gasteiger partial charge in [-0.25, -0.2) is 0 Å². The Hall–Kier alpha value is -11.5. The highest BCUT2D eigenvalue weighted by atomic mass is 15.1. The molecule has 1 aliphatic carbocycles. The van der Waals surface area contributed by atoms with Crippen molar-refractivity contribution >= 4 is 148 Å². The van der Waals surface area contributed by atoms with E-state index in [2.05, 4.69) is 437 Å². The second kappa shape index (κ2) is 30.4. The normalized spacial score (nSPS) is 14.5. The minimum atomic E-state index is -0.0157. The van der Waals surface area contributed by atoms with Crippen LogP contribution < -0.4 is 19.6 Å². The molecule has 4 heterocycles. The standard InChI is InChI=1S/C30H31N.C29H29N.C28H29N.C24H25N/c1-6-26(30(2,3)4)29-23-14-10-8-12-21(23)19-28-25(29)17-16-24-22-13-9-7-11-20(22)15-18-27(24)31(28)5;1-19-9-8-12-27-21(19)15-16-25-23-14-13-20(18-29(2,3)4)17-26(23)22-10-6-7-11-24(22)28(25)30(27)5;1-6-18(2)20-11-9-13-25-22(20)16-14-19-15-17-23-21-10-7-8-12-24(21)28(3,4)26(23)27(19)29(25)5;1-24(2,3)16-19-15-18-14-13-17-9-5-8-12-22(17)25(4)23(18)21-11-7-6-10-20(19)21/h7-19,26H,6H2,1-5H3;6-17H,18H2,1-5H3;7-18H,6H2,1-5H3;5-15H,16H2,1-4H3. The smallest absolute Gasteiger partial charge is 0.0568 e. The molecule has 0 amide bonds. The predicted molar refractivity (Wildman–Crippen MR) is 507 cm³/mol. The molecule has 4 nitrogen and oxygen atoms in total. The van der Waals surface area contributed by atoms with E-state index in [1.54, 1.807) is 0 Å². The third-order valence-corrected chi connectivity index (χ3v) is 25.3. The SMILES string of the molecule is CCC(C)c1cccc2c1C=Cc1ccc3c(c1N2C)C(C)(C)c1ccccc1-3.CCC(c1c2c(cc3ccccc13)N(C)c1ccc3ccccc3c1C=C2)C(C)(C)C.CN1c2ccccc2C=Cc2cc(CC(C)(C)C)c3ccccc3c21.Cc1cccc2c1C=Cc1c(c3ccccc3c3cc(CC(C)(C)C)ccc13)N2C. The molecule has 4 heteroatoms. The molecule has 14 aromatic carbocycles. The number of rotatable bonds is 6. The van der Waals surface area contributed by atoms with Gasteiger partial charge < -0.3 is 19.6 Å². The number of hydrogen-bond acceptors (Lipinski definition) is 4. The molecule has 0 radical (unpaired) electrons. The molecule has 0 saturated heterocycles. The van der Waals surface area contributed by atoms with Crippen molar-refractivity contribution in [3.63, 3.8) is 0 Å². The summed E-state index contributed by atoms with van der Waals surface area (Å²) in [6, 6.07) is 87.2. The van der Waals surface area contributed by atoms with E-state index in [1.807, 2.05) is 0 Å². The van der Waals surface area contributed by atoms with E-state index in [-0.39, 0.29) is 21.7 Å². The Balaban J connectivity index is 0.000000116. The number of fused-ring (bicyclic) bond motifs is 22. The Labute approximate surface area is 685 Å². The summed E-state index contributed by atoms with van der Waals surface area (Å²) >= 11 is 0. The van der Waals surface area contributed by atoms with Crippen molar-refractivity contribution in [3.8, 4) is 11.1 Å². The Kier molecular flexibility index (Phi) is 20.5. The zero-order chi connectivity index (χ0) is 80.7. The molecule has 0 bridgehead atoms. The third kappa shape index (κ3) is 14.3. The Morgan fingerprint density at radius 3 is 1.63 bits per heavy atom. The molecule has 0 spiro atoms. The molecular weight excluding hydrogens is 1390 g/mol. The second-order valence-corrected chi connectivity index (χ2v) is 37.0. The van der Waals surface area contributed by atoms with Crippen LogP contribution in [0.5, 0.6) is 0 Å². The number of nitrogens with zero attached hydrogens (tertiary/aromatic N) is 4. The van der Waals surface area contributed by atoms with Gasteiger partial charge in [0.2, 0.25) is 0 Å². The summed E-state index contributed by atoms with van der Waals surface area (Å²) in [7, 11) is 8.84. The monoisotopic (exact) mass is 1500 g/mol. The lowest BCUT2D eigenvalue weighted by molar-refractivity contribution is 0.314. The summed E-state index contributed by atoms with van der Waals surface area (Å²) in [6.07, 6.45) is 22.9. The van der Waals surface area contributed by atoms with E-state index < -0.39 is 0 Å². The van der Waals surface area contributed by atoms with Crippen molar-refractivity contribution in [1.82, 2.24) is 0 Å². The number of benzene rings is 14. The molecule has 2 atom stereocenters. The van der Waals surface area contributed by atoms with Gasteiger partial charge in [-0.3, -0.25) is 0 Å². The lowest BCUT2D eigenvalue weighted by Crippen LogP contribution is -2.21. The number of anilines is 8. The van der Waals surface area contributed by atoms with Crippen LogP contribution in [0.1, 0.15) is 205 Å². The molecular formula is C111H114N4. The Morgan fingerprint density at radius 1 is 0.348 bits per heavy atom. The zero-order valence-corrected chi connectivity index (χ0v) is 71.4. The first-order chi connectivity index (χ1) is 55.1. The van der Waals surface area contributed by atoms with Crippen molar-refractivity contribution in [2.75, 3.05) is 47.8 Å².